The molecule has 1 heterocycles. The van der Waals surface area contributed by atoms with Gasteiger partial charge in [0, 0.05) is 23.9 Å². The highest BCUT2D eigenvalue weighted by atomic mass is 19.1. The molecule has 3 N–H and O–H groups in total. The lowest BCUT2D eigenvalue weighted by atomic mass is 9.97. The van der Waals surface area contributed by atoms with Gasteiger partial charge in [-0.3, -0.25) is 10.5 Å². The largest absolute Gasteiger partial charge is 0.272 e. The van der Waals surface area contributed by atoms with Crippen LogP contribution in [0.5, 0.6) is 0 Å². The summed E-state index contributed by atoms with van der Waals surface area (Å²) in [6.07, 6.45) is 0. The van der Waals surface area contributed by atoms with Crippen LogP contribution in [0.15, 0.2) is 24.3 Å². The molecular formula is C13H17FN4. The summed E-state index contributed by atoms with van der Waals surface area (Å²) < 4.78 is 15.6. The minimum absolute atomic E-state index is 0.275. The monoisotopic (exact) mass is 248 g/mol. The zero-order chi connectivity index (χ0) is 13.3. The van der Waals surface area contributed by atoms with E-state index in [2.05, 4.69) is 10.5 Å². The summed E-state index contributed by atoms with van der Waals surface area (Å²) in [5, 5.41) is 4.33. The van der Waals surface area contributed by atoms with Crippen LogP contribution in [0.3, 0.4) is 0 Å². The van der Waals surface area contributed by atoms with Crippen molar-refractivity contribution in [1.82, 2.24) is 15.2 Å². The van der Waals surface area contributed by atoms with E-state index in [4.69, 9.17) is 5.84 Å². The molecule has 0 bridgehead atoms. The maximum Gasteiger partial charge on any atom is 0.128 e. The average Bonchev–Trinajstić information content (AvgIpc) is 2.59. The smallest absolute Gasteiger partial charge is 0.128 e. The van der Waals surface area contributed by atoms with Crippen LogP contribution in [0, 0.1) is 19.7 Å². The maximum absolute atomic E-state index is 13.9. The highest BCUT2D eigenvalue weighted by molar-refractivity contribution is 5.37. The van der Waals surface area contributed by atoms with Crippen LogP contribution >= 0.6 is 0 Å². The molecule has 0 spiro atoms. The van der Waals surface area contributed by atoms with E-state index in [1.165, 1.54) is 6.07 Å². The number of aryl methyl sites for hydroxylation is 2. The summed E-state index contributed by atoms with van der Waals surface area (Å²) in [5.41, 5.74) is 5.94. The Hall–Kier alpha value is -1.72. The minimum Gasteiger partial charge on any atom is -0.272 e. The van der Waals surface area contributed by atoms with E-state index in [1.807, 2.05) is 20.9 Å². The first-order valence-corrected chi connectivity index (χ1v) is 5.77. The highest BCUT2D eigenvalue weighted by Crippen LogP contribution is 2.28. The summed E-state index contributed by atoms with van der Waals surface area (Å²) >= 11 is 0. The van der Waals surface area contributed by atoms with Crippen LogP contribution < -0.4 is 11.3 Å². The van der Waals surface area contributed by atoms with Crippen molar-refractivity contribution in [3.05, 3.63) is 52.6 Å². The van der Waals surface area contributed by atoms with E-state index < -0.39 is 0 Å². The van der Waals surface area contributed by atoms with Crippen molar-refractivity contribution in [2.24, 2.45) is 12.9 Å². The molecular weight excluding hydrogens is 231 g/mol. The summed E-state index contributed by atoms with van der Waals surface area (Å²) in [5.74, 6) is 5.32. The number of nitrogens with zero attached hydrogens (tertiary/aromatic N) is 2. The Morgan fingerprint density at radius 3 is 2.50 bits per heavy atom. The first-order chi connectivity index (χ1) is 8.56. The highest BCUT2D eigenvalue weighted by Gasteiger charge is 2.22. The molecule has 4 nitrogen and oxygen atoms in total. The zero-order valence-electron chi connectivity index (χ0n) is 10.7. The van der Waals surface area contributed by atoms with E-state index >= 15 is 0 Å². The molecule has 0 aliphatic rings. The number of rotatable bonds is 3. The lowest BCUT2D eigenvalue weighted by Gasteiger charge is -2.17. The molecule has 0 saturated heterocycles. The summed E-state index contributed by atoms with van der Waals surface area (Å²) in [6, 6.07) is 6.23. The van der Waals surface area contributed by atoms with E-state index in [9.17, 15) is 4.39 Å². The van der Waals surface area contributed by atoms with Crippen LogP contribution in [0.25, 0.3) is 0 Å². The second-order valence-corrected chi connectivity index (χ2v) is 4.33. The molecule has 0 fully saturated rings. The van der Waals surface area contributed by atoms with Crippen LogP contribution in [0.1, 0.15) is 28.6 Å². The molecule has 0 radical (unpaired) electrons. The van der Waals surface area contributed by atoms with Crippen molar-refractivity contribution in [2.75, 3.05) is 0 Å². The van der Waals surface area contributed by atoms with Gasteiger partial charge in [-0.15, -0.1) is 0 Å². The van der Waals surface area contributed by atoms with Gasteiger partial charge in [-0.25, -0.2) is 9.82 Å². The Morgan fingerprint density at radius 2 is 2.00 bits per heavy atom. The van der Waals surface area contributed by atoms with Gasteiger partial charge in [0.25, 0.3) is 0 Å². The van der Waals surface area contributed by atoms with Gasteiger partial charge in [-0.1, -0.05) is 18.2 Å². The topological polar surface area (TPSA) is 55.9 Å². The lowest BCUT2D eigenvalue weighted by Crippen LogP contribution is -2.30. The number of aromatic nitrogens is 2. The van der Waals surface area contributed by atoms with E-state index in [0.29, 0.717) is 5.56 Å². The molecule has 1 aromatic heterocycles. The van der Waals surface area contributed by atoms with E-state index in [-0.39, 0.29) is 11.9 Å². The van der Waals surface area contributed by atoms with Gasteiger partial charge in [-0.05, 0) is 19.9 Å². The van der Waals surface area contributed by atoms with Crippen molar-refractivity contribution in [3.8, 4) is 0 Å². The fourth-order valence-corrected chi connectivity index (χ4v) is 2.25. The lowest BCUT2D eigenvalue weighted by molar-refractivity contribution is 0.557. The Morgan fingerprint density at radius 1 is 1.33 bits per heavy atom. The second kappa shape index (κ2) is 4.88. The molecule has 0 saturated carbocycles. The fraction of sp³-hybridized carbons (Fsp3) is 0.308. The van der Waals surface area contributed by atoms with Crippen LogP contribution in [0.2, 0.25) is 0 Å². The quantitative estimate of drug-likeness (QED) is 0.642. The van der Waals surface area contributed by atoms with Crippen molar-refractivity contribution in [1.29, 1.82) is 0 Å². The molecule has 0 amide bonds. The summed E-state index contributed by atoms with van der Waals surface area (Å²) in [7, 11) is 1.86. The number of hydrazine groups is 1. The van der Waals surface area contributed by atoms with Crippen molar-refractivity contribution < 1.29 is 4.39 Å². The molecule has 1 atom stereocenters. The predicted molar refractivity (Wildman–Crippen MR) is 68.2 cm³/mol. The number of nitrogens with one attached hydrogen (secondary N) is 1. The molecule has 2 rings (SSSR count). The SMILES string of the molecule is Cc1nn(C)c(C)c1C(NN)c1ccccc1F. The Kier molecular flexibility index (Phi) is 3.45. The first-order valence-electron chi connectivity index (χ1n) is 5.77. The van der Waals surface area contributed by atoms with Gasteiger partial charge in [-0.2, -0.15) is 5.10 Å². The number of halogens is 1. The van der Waals surface area contributed by atoms with E-state index in [0.717, 1.165) is 17.0 Å². The normalized spacial score (nSPS) is 12.7. The van der Waals surface area contributed by atoms with Gasteiger partial charge >= 0.3 is 0 Å². The van der Waals surface area contributed by atoms with Crippen molar-refractivity contribution in [3.63, 3.8) is 0 Å². The van der Waals surface area contributed by atoms with Crippen LogP contribution in [-0.4, -0.2) is 9.78 Å². The number of nitrogens with two attached hydrogens (primary N) is 1. The van der Waals surface area contributed by atoms with Gasteiger partial charge in [0.1, 0.15) is 5.82 Å². The molecule has 18 heavy (non-hydrogen) atoms. The second-order valence-electron chi connectivity index (χ2n) is 4.33. The number of hydrogen-bond donors (Lipinski definition) is 2. The minimum atomic E-state index is -0.389. The molecule has 0 aliphatic heterocycles. The molecule has 1 aromatic carbocycles. The Bertz CT molecular complexity index is 562. The van der Waals surface area contributed by atoms with Crippen LogP contribution in [0.4, 0.5) is 4.39 Å². The van der Waals surface area contributed by atoms with E-state index in [1.54, 1.807) is 22.9 Å². The Labute approximate surface area is 106 Å². The first kappa shape index (κ1) is 12.7. The van der Waals surface area contributed by atoms with Crippen LogP contribution in [-0.2, 0) is 7.05 Å². The zero-order valence-corrected chi connectivity index (χ0v) is 10.7. The van der Waals surface area contributed by atoms with Crippen molar-refractivity contribution in [2.45, 2.75) is 19.9 Å². The summed E-state index contributed by atoms with van der Waals surface area (Å²) in [6.45, 7) is 3.84. The standard InChI is InChI=1S/C13H17FN4/c1-8-12(9(2)18(3)17-8)13(16-15)10-6-4-5-7-11(10)14/h4-7,13,16H,15H2,1-3H3. The van der Waals surface area contributed by atoms with Gasteiger partial charge in [0.2, 0.25) is 0 Å². The fourth-order valence-electron chi connectivity index (χ4n) is 2.25. The number of hydrogen-bond acceptors (Lipinski definition) is 3. The third-order valence-electron chi connectivity index (χ3n) is 3.24. The molecule has 0 aliphatic carbocycles. The third-order valence-corrected chi connectivity index (χ3v) is 3.24. The molecule has 1 unspecified atom stereocenters. The molecule has 2 aromatic rings. The van der Waals surface area contributed by atoms with Gasteiger partial charge in [0.15, 0.2) is 0 Å². The third kappa shape index (κ3) is 2.02. The average molecular weight is 248 g/mol. The summed E-state index contributed by atoms with van der Waals surface area (Å²) in [4.78, 5) is 0. The molecule has 5 heteroatoms. The van der Waals surface area contributed by atoms with Gasteiger partial charge < -0.3 is 0 Å². The van der Waals surface area contributed by atoms with Gasteiger partial charge in [0.05, 0.1) is 11.7 Å². The predicted octanol–water partition coefficient (Wildman–Crippen LogP) is 1.73. The number of benzene rings is 1. The maximum atomic E-state index is 13.9. The molecule has 96 valence electrons. The Balaban J connectivity index is 2.56. The van der Waals surface area contributed by atoms with Crippen molar-refractivity contribution >= 4 is 0 Å².